The molecule has 0 unspecified atom stereocenters. The first-order chi connectivity index (χ1) is 15.2. The third-order valence-corrected chi connectivity index (χ3v) is 5.02. The fourth-order valence-electron chi connectivity index (χ4n) is 3.39. The summed E-state index contributed by atoms with van der Waals surface area (Å²) in [5.41, 5.74) is 0.470. The number of hydrogen-bond acceptors (Lipinski definition) is 7. The Labute approximate surface area is 184 Å². The minimum Gasteiger partial charge on any atom is -0.497 e. The zero-order valence-corrected chi connectivity index (χ0v) is 17.9. The van der Waals surface area contributed by atoms with E-state index in [1.54, 1.807) is 38.1 Å². The van der Waals surface area contributed by atoms with E-state index < -0.39 is 48.3 Å². The van der Waals surface area contributed by atoms with Crippen LogP contribution in [0.25, 0.3) is 0 Å². The molecule has 3 amide bonds. The van der Waals surface area contributed by atoms with Crippen LogP contribution in [0, 0.1) is 5.92 Å². The van der Waals surface area contributed by atoms with E-state index in [2.05, 4.69) is 5.32 Å². The summed E-state index contributed by atoms with van der Waals surface area (Å²) >= 11 is 0. The first kappa shape index (κ1) is 23.0. The average molecular weight is 440 g/mol. The highest BCUT2D eigenvalue weighted by atomic mass is 16.5. The second-order valence-electron chi connectivity index (χ2n) is 7.57. The lowest BCUT2D eigenvalue weighted by molar-refractivity contribution is -0.143. The predicted octanol–water partition coefficient (Wildman–Crippen LogP) is 1.40. The van der Waals surface area contributed by atoms with Crippen molar-refractivity contribution in [1.29, 1.82) is 0 Å². The van der Waals surface area contributed by atoms with Crippen LogP contribution in [0.15, 0.2) is 48.5 Å². The quantitative estimate of drug-likeness (QED) is 0.361. The van der Waals surface area contributed by atoms with Gasteiger partial charge in [0.2, 0.25) is 5.91 Å². The van der Waals surface area contributed by atoms with E-state index in [4.69, 9.17) is 9.47 Å². The molecule has 2 atom stereocenters. The lowest BCUT2D eigenvalue weighted by Gasteiger charge is -2.28. The average Bonchev–Trinajstić information content (AvgIpc) is 3.03. The van der Waals surface area contributed by atoms with E-state index in [1.807, 2.05) is 0 Å². The molecule has 0 aromatic heterocycles. The number of ether oxygens (including phenoxy) is 2. The van der Waals surface area contributed by atoms with Gasteiger partial charge in [0.25, 0.3) is 11.8 Å². The fourth-order valence-corrected chi connectivity index (χ4v) is 3.39. The maximum absolute atomic E-state index is 12.8. The van der Waals surface area contributed by atoms with Crippen molar-refractivity contribution in [2.24, 2.45) is 5.92 Å². The Kier molecular flexibility index (Phi) is 6.89. The van der Waals surface area contributed by atoms with Gasteiger partial charge in [0.15, 0.2) is 6.10 Å². The van der Waals surface area contributed by atoms with Crippen molar-refractivity contribution >= 4 is 23.7 Å². The van der Waals surface area contributed by atoms with Gasteiger partial charge in [-0.05, 0) is 42.3 Å². The van der Waals surface area contributed by atoms with Crippen molar-refractivity contribution in [2.45, 2.75) is 26.0 Å². The number of rotatable bonds is 8. The molecule has 0 spiro atoms. The summed E-state index contributed by atoms with van der Waals surface area (Å²) in [5, 5.41) is 12.5. The van der Waals surface area contributed by atoms with Gasteiger partial charge in [0, 0.05) is 0 Å². The summed E-state index contributed by atoms with van der Waals surface area (Å²) in [6.07, 6.45) is -1.64. The Morgan fingerprint density at radius 1 is 0.969 bits per heavy atom. The van der Waals surface area contributed by atoms with Crippen LogP contribution in [0.1, 0.15) is 34.6 Å². The molecule has 0 saturated carbocycles. The van der Waals surface area contributed by atoms with Gasteiger partial charge in [-0.3, -0.25) is 19.3 Å². The number of fused-ring (bicyclic) bond motifs is 1. The molecule has 9 heteroatoms. The normalized spacial score (nSPS) is 14.7. The molecule has 0 bridgehead atoms. The highest BCUT2D eigenvalue weighted by Gasteiger charge is 2.44. The number of amides is 3. The smallest absolute Gasteiger partial charge is 0.342 e. The SMILES string of the molecule is COc1ccc(OC(=O)[C@@H](O)CNC(=O)[C@H](C(C)C)N2C(=O)c3ccccc3C2=O)cc1. The maximum atomic E-state index is 12.8. The third kappa shape index (κ3) is 4.62. The monoisotopic (exact) mass is 440 g/mol. The number of benzene rings is 2. The number of carbonyl (C=O) groups excluding carboxylic acids is 4. The van der Waals surface area contributed by atoms with Crippen LogP contribution in [0.5, 0.6) is 11.5 Å². The first-order valence-electron chi connectivity index (χ1n) is 10.0. The number of esters is 1. The van der Waals surface area contributed by atoms with Gasteiger partial charge in [-0.25, -0.2) is 4.79 Å². The zero-order chi connectivity index (χ0) is 23.4. The van der Waals surface area contributed by atoms with Crippen molar-refractivity contribution in [2.75, 3.05) is 13.7 Å². The zero-order valence-electron chi connectivity index (χ0n) is 17.9. The standard InChI is InChI=1S/C23H24N2O7/c1-13(2)19(25-21(28)16-6-4-5-7-17(16)22(25)29)20(27)24-12-18(26)23(30)32-15-10-8-14(31-3)9-11-15/h4-11,13,18-19,26H,12H2,1-3H3,(H,24,27)/t18-,19-/m0/s1. The lowest BCUT2D eigenvalue weighted by Crippen LogP contribution is -2.53. The lowest BCUT2D eigenvalue weighted by atomic mass is 10.0. The minimum absolute atomic E-state index is 0.201. The molecular formula is C23H24N2O7. The number of nitrogens with zero attached hydrogens (tertiary/aromatic N) is 1. The summed E-state index contributed by atoms with van der Waals surface area (Å²) in [7, 11) is 1.50. The van der Waals surface area contributed by atoms with Crippen molar-refractivity contribution < 1.29 is 33.8 Å². The Bertz CT molecular complexity index is 998. The number of aliphatic hydroxyl groups excluding tert-OH is 1. The number of imide groups is 1. The van der Waals surface area contributed by atoms with Crippen LogP contribution in [0.3, 0.4) is 0 Å². The Balaban J connectivity index is 1.63. The minimum atomic E-state index is -1.64. The van der Waals surface area contributed by atoms with Gasteiger partial charge in [-0.15, -0.1) is 0 Å². The van der Waals surface area contributed by atoms with E-state index in [0.717, 1.165) is 4.90 Å². The summed E-state index contributed by atoms with van der Waals surface area (Å²) in [6.45, 7) is 2.95. The van der Waals surface area contributed by atoms with Gasteiger partial charge in [-0.1, -0.05) is 26.0 Å². The van der Waals surface area contributed by atoms with E-state index in [-0.39, 0.29) is 16.9 Å². The maximum Gasteiger partial charge on any atom is 0.342 e. The summed E-state index contributed by atoms with van der Waals surface area (Å²) in [6, 6.07) is 11.4. The van der Waals surface area contributed by atoms with E-state index in [1.165, 1.54) is 31.4 Å². The molecule has 2 aromatic carbocycles. The largest absolute Gasteiger partial charge is 0.497 e. The van der Waals surface area contributed by atoms with Gasteiger partial charge < -0.3 is 19.9 Å². The van der Waals surface area contributed by atoms with Crippen molar-refractivity contribution in [1.82, 2.24) is 10.2 Å². The van der Waals surface area contributed by atoms with Crippen molar-refractivity contribution in [3.8, 4) is 11.5 Å². The van der Waals surface area contributed by atoms with Gasteiger partial charge in [0.1, 0.15) is 17.5 Å². The second-order valence-corrected chi connectivity index (χ2v) is 7.57. The predicted molar refractivity (Wildman–Crippen MR) is 113 cm³/mol. The second kappa shape index (κ2) is 9.61. The van der Waals surface area contributed by atoms with Crippen LogP contribution in [0.4, 0.5) is 0 Å². The summed E-state index contributed by atoms with van der Waals surface area (Å²) in [5.74, 6) is -2.36. The number of nitrogens with one attached hydrogen (secondary N) is 1. The van der Waals surface area contributed by atoms with Gasteiger partial charge in [-0.2, -0.15) is 0 Å². The highest BCUT2D eigenvalue weighted by molar-refractivity contribution is 6.22. The first-order valence-corrected chi connectivity index (χ1v) is 10.0. The number of aliphatic hydroxyl groups is 1. The molecule has 2 N–H and O–H groups in total. The van der Waals surface area contributed by atoms with Crippen LogP contribution in [0.2, 0.25) is 0 Å². The molecule has 0 radical (unpaired) electrons. The molecule has 32 heavy (non-hydrogen) atoms. The van der Waals surface area contributed by atoms with E-state index >= 15 is 0 Å². The molecule has 0 aliphatic carbocycles. The van der Waals surface area contributed by atoms with Crippen LogP contribution >= 0.6 is 0 Å². The number of methoxy groups -OCH3 is 1. The van der Waals surface area contributed by atoms with Crippen molar-refractivity contribution in [3.05, 3.63) is 59.7 Å². The Hall–Kier alpha value is -3.72. The Morgan fingerprint density at radius 2 is 1.50 bits per heavy atom. The third-order valence-electron chi connectivity index (χ3n) is 5.02. The molecule has 1 aliphatic rings. The van der Waals surface area contributed by atoms with E-state index in [9.17, 15) is 24.3 Å². The molecule has 2 aromatic rings. The molecule has 0 fully saturated rings. The van der Waals surface area contributed by atoms with Crippen LogP contribution in [-0.2, 0) is 9.59 Å². The molecule has 9 nitrogen and oxygen atoms in total. The van der Waals surface area contributed by atoms with Crippen LogP contribution in [-0.4, -0.2) is 59.5 Å². The fraction of sp³-hybridized carbons (Fsp3) is 0.304. The van der Waals surface area contributed by atoms with Crippen LogP contribution < -0.4 is 14.8 Å². The highest BCUT2D eigenvalue weighted by Crippen LogP contribution is 2.27. The van der Waals surface area contributed by atoms with Crippen molar-refractivity contribution in [3.63, 3.8) is 0 Å². The molecular weight excluding hydrogens is 416 g/mol. The molecule has 1 heterocycles. The molecule has 0 saturated heterocycles. The topological polar surface area (TPSA) is 122 Å². The Morgan fingerprint density at radius 3 is 2.00 bits per heavy atom. The summed E-state index contributed by atoms with van der Waals surface area (Å²) < 4.78 is 10.1. The number of hydrogen-bond donors (Lipinski definition) is 2. The molecule has 168 valence electrons. The van der Waals surface area contributed by atoms with Gasteiger partial charge in [0.05, 0.1) is 24.8 Å². The molecule has 3 rings (SSSR count). The summed E-state index contributed by atoms with van der Waals surface area (Å²) in [4.78, 5) is 51.4. The van der Waals surface area contributed by atoms with Gasteiger partial charge >= 0.3 is 5.97 Å². The number of carbonyl (C=O) groups is 4. The molecule has 1 aliphatic heterocycles. The van der Waals surface area contributed by atoms with E-state index in [0.29, 0.717) is 5.75 Å².